The molecule has 2 aliphatic rings. The van der Waals surface area contributed by atoms with Crippen molar-refractivity contribution in [1.29, 1.82) is 0 Å². The van der Waals surface area contributed by atoms with Crippen molar-refractivity contribution in [3.63, 3.8) is 0 Å². The highest BCUT2D eigenvalue weighted by Crippen LogP contribution is 2.32. The number of fused-ring (bicyclic) bond motifs is 3. The number of nitrogens with two attached hydrogens (primary N) is 1. The summed E-state index contributed by atoms with van der Waals surface area (Å²) in [5, 5.41) is 10.5. The molecule has 0 bridgehead atoms. The van der Waals surface area contributed by atoms with Crippen molar-refractivity contribution in [2.45, 2.75) is 19.4 Å². The molecule has 10 nitrogen and oxygen atoms in total. The van der Waals surface area contributed by atoms with E-state index in [0.717, 1.165) is 71.4 Å². The maximum Gasteiger partial charge on any atom is 0.252 e. The Morgan fingerprint density at radius 1 is 1.02 bits per heavy atom. The Kier molecular flexibility index (Phi) is 6.16. The summed E-state index contributed by atoms with van der Waals surface area (Å²) in [6, 6.07) is 18.8. The molecule has 0 aliphatic carbocycles. The van der Waals surface area contributed by atoms with Crippen molar-refractivity contribution in [3.8, 4) is 11.1 Å². The highest BCUT2D eigenvalue weighted by molar-refractivity contribution is 5.92. The van der Waals surface area contributed by atoms with Gasteiger partial charge in [0.05, 0.1) is 24.4 Å². The van der Waals surface area contributed by atoms with E-state index in [0.29, 0.717) is 19.0 Å². The van der Waals surface area contributed by atoms with Gasteiger partial charge in [0.1, 0.15) is 18.5 Å². The molecule has 0 spiro atoms. The van der Waals surface area contributed by atoms with Gasteiger partial charge < -0.3 is 20.3 Å². The highest BCUT2D eigenvalue weighted by Gasteiger charge is 2.27. The molecule has 3 aromatic heterocycles. The number of rotatable bonds is 7. The van der Waals surface area contributed by atoms with E-state index in [2.05, 4.69) is 63.8 Å². The molecule has 2 N–H and O–H groups in total. The van der Waals surface area contributed by atoms with Crippen LogP contribution < -0.4 is 5.73 Å². The van der Waals surface area contributed by atoms with E-state index < -0.39 is 0 Å². The Morgan fingerprint density at radius 3 is 2.83 bits per heavy atom. The Hall–Kier alpha value is -4.70. The average Bonchev–Trinajstić information content (AvgIpc) is 3.55. The van der Waals surface area contributed by atoms with Crippen LogP contribution in [0.25, 0.3) is 27.5 Å². The number of carbonyl (C=O) groups is 1. The lowest BCUT2D eigenvalue weighted by Gasteiger charge is -2.37. The molecule has 0 radical (unpaired) electrons. The zero-order valence-corrected chi connectivity index (χ0v) is 22.1. The fourth-order valence-electron chi connectivity index (χ4n) is 5.69. The van der Waals surface area contributed by atoms with Crippen LogP contribution in [0.5, 0.6) is 0 Å². The van der Waals surface area contributed by atoms with E-state index >= 15 is 0 Å². The minimum absolute atomic E-state index is 0.0442. The third-order valence-corrected chi connectivity index (χ3v) is 7.65. The number of hydrogen-bond acceptors (Lipinski definition) is 7. The van der Waals surface area contributed by atoms with E-state index in [1.165, 1.54) is 11.9 Å². The number of nitrogen functional groups attached to an aromatic ring is 1. The fourth-order valence-corrected chi connectivity index (χ4v) is 5.69. The summed E-state index contributed by atoms with van der Waals surface area (Å²) in [4.78, 5) is 20.5. The van der Waals surface area contributed by atoms with Crippen LogP contribution >= 0.6 is 0 Å². The molecule has 1 saturated heterocycles. The second-order valence-corrected chi connectivity index (χ2v) is 10.3. The Balaban J connectivity index is 1.13. The summed E-state index contributed by atoms with van der Waals surface area (Å²) < 4.78 is 9.31. The Labute approximate surface area is 231 Å². The largest absolute Gasteiger partial charge is 0.382 e. The number of benzene rings is 2. The topological polar surface area (TPSA) is 107 Å². The van der Waals surface area contributed by atoms with Gasteiger partial charge in [-0.15, -0.1) is 0 Å². The SMILES string of the molecule is Nc1ncnn2c(CCCN3C=C4COCC(=O)N4CC3)cc(-c3ccc4cn(Cc5ccccc5)nc4c3)c12. The van der Waals surface area contributed by atoms with Gasteiger partial charge in [0.2, 0.25) is 0 Å². The monoisotopic (exact) mass is 534 g/mol. The number of carbonyl (C=O) groups excluding carboxylic acids is 1. The van der Waals surface area contributed by atoms with Crippen molar-refractivity contribution >= 4 is 28.1 Å². The van der Waals surface area contributed by atoms with Gasteiger partial charge in [-0.1, -0.05) is 42.5 Å². The molecule has 5 heterocycles. The molecule has 40 heavy (non-hydrogen) atoms. The highest BCUT2D eigenvalue weighted by atomic mass is 16.5. The summed E-state index contributed by atoms with van der Waals surface area (Å²) in [7, 11) is 0. The summed E-state index contributed by atoms with van der Waals surface area (Å²) in [6.45, 7) is 3.79. The third kappa shape index (κ3) is 4.56. The van der Waals surface area contributed by atoms with Crippen LogP contribution in [0.4, 0.5) is 5.82 Å². The molecule has 1 amide bonds. The number of morpholine rings is 1. The van der Waals surface area contributed by atoms with Crippen LogP contribution in [-0.2, 0) is 22.5 Å². The number of hydrogen-bond donors (Lipinski definition) is 1. The lowest BCUT2D eigenvalue weighted by molar-refractivity contribution is -0.139. The smallest absolute Gasteiger partial charge is 0.252 e. The van der Waals surface area contributed by atoms with Gasteiger partial charge in [-0.2, -0.15) is 10.2 Å². The van der Waals surface area contributed by atoms with Crippen molar-refractivity contribution in [1.82, 2.24) is 34.2 Å². The third-order valence-electron chi connectivity index (χ3n) is 7.65. The lowest BCUT2D eigenvalue weighted by Crippen LogP contribution is -2.47. The second kappa shape index (κ2) is 10.1. The molecule has 0 saturated carbocycles. The van der Waals surface area contributed by atoms with Gasteiger partial charge in [-0.05, 0) is 36.1 Å². The van der Waals surface area contributed by atoms with Crippen molar-refractivity contribution in [3.05, 3.63) is 90.3 Å². The number of anilines is 1. The van der Waals surface area contributed by atoms with Crippen LogP contribution in [-0.4, -0.2) is 72.9 Å². The van der Waals surface area contributed by atoms with E-state index in [1.807, 2.05) is 32.3 Å². The van der Waals surface area contributed by atoms with Gasteiger partial charge in [0.15, 0.2) is 5.82 Å². The summed E-state index contributed by atoms with van der Waals surface area (Å²) in [5.74, 6) is 0.497. The molecular formula is C30H30N8O2. The summed E-state index contributed by atoms with van der Waals surface area (Å²) in [5.41, 5.74) is 13.4. The molecule has 0 unspecified atom stereocenters. The molecule has 10 heteroatoms. The predicted octanol–water partition coefficient (Wildman–Crippen LogP) is 3.32. The number of amides is 1. The van der Waals surface area contributed by atoms with E-state index in [-0.39, 0.29) is 12.5 Å². The normalized spacial score (nSPS) is 15.6. The molecule has 2 aromatic carbocycles. The molecule has 1 fully saturated rings. The van der Waals surface area contributed by atoms with Crippen molar-refractivity contribution in [2.24, 2.45) is 0 Å². The average molecular weight is 535 g/mol. The zero-order valence-electron chi connectivity index (χ0n) is 22.1. The van der Waals surface area contributed by atoms with E-state index in [4.69, 9.17) is 15.6 Å². The van der Waals surface area contributed by atoms with Crippen LogP contribution in [0.15, 0.2) is 79.0 Å². The van der Waals surface area contributed by atoms with Crippen LogP contribution in [0.1, 0.15) is 17.7 Å². The van der Waals surface area contributed by atoms with Crippen LogP contribution in [0, 0.1) is 0 Å². The van der Waals surface area contributed by atoms with Crippen molar-refractivity contribution < 1.29 is 9.53 Å². The molecule has 2 aliphatic heterocycles. The first-order valence-electron chi connectivity index (χ1n) is 13.6. The second-order valence-electron chi connectivity index (χ2n) is 10.3. The summed E-state index contributed by atoms with van der Waals surface area (Å²) in [6.07, 6.45) is 7.40. The first-order valence-corrected chi connectivity index (χ1v) is 13.6. The maximum atomic E-state index is 12.1. The van der Waals surface area contributed by atoms with Crippen molar-refractivity contribution in [2.75, 3.05) is 38.6 Å². The standard InChI is InChI=1S/C30H30N8O2/c31-30-29-26(22-8-9-23-16-36(34-27(23)13-22)15-21-5-2-1-3-6-21)14-24(38(29)33-20-32-30)7-4-10-35-11-12-37-25(17-35)18-40-19-28(37)39/h1-3,5-6,8-9,13-14,16-17,20H,4,7,10-12,15,18-19H2,(H2,31,32,33). The zero-order chi connectivity index (χ0) is 27.1. The summed E-state index contributed by atoms with van der Waals surface area (Å²) >= 11 is 0. The van der Waals surface area contributed by atoms with Crippen LogP contribution in [0.3, 0.4) is 0 Å². The van der Waals surface area contributed by atoms with Gasteiger partial charge in [-0.3, -0.25) is 9.48 Å². The first-order chi connectivity index (χ1) is 19.6. The molecule has 5 aromatic rings. The number of ether oxygens (including phenoxy) is 1. The number of aryl methyl sites for hydroxylation is 1. The number of aromatic nitrogens is 5. The maximum absolute atomic E-state index is 12.1. The van der Waals surface area contributed by atoms with Gasteiger partial charge >= 0.3 is 0 Å². The number of nitrogens with zero attached hydrogens (tertiary/aromatic N) is 7. The van der Waals surface area contributed by atoms with E-state index in [9.17, 15) is 4.79 Å². The first kappa shape index (κ1) is 24.3. The molecule has 7 rings (SSSR count). The molecule has 202 valence electrons. The molecular weight excluding hydrogens is 504 g/mol. The Morgan fingerprint density at radius 2 is 1.93 bits per heavy atom. The fraction of sp³-hybridized carbons (Fsp3) is 0.267. The lowest BCUT2D eigenvalue weighted by atomic mass is 10.0. The minimum Gasteiger partial charge on any atom is -0.382 e. The van der Waals surface area contributed by atoms with Gasteiger partial charge in [-0.25, -0.2) is 9.50 Å². The quantitative estimate of drug-likeness (QED) is 0.341. The minimum atomic E-state index is 0.0442. The van der Waals surface area contributed by atoms with Gasteiger partial charge in [0, 0.05) is 48.7 Å². The molecule has 0 atom stereocenters. The van der Waals surface area contributed by atoms with Crippen LogP contribution in [0.2, 0.25) is 0 Å². The predicted molar refractivity (Wildman–Crippen MR) is 152 cm³/mol. The van der Waals surface area contributed by atoms with Gasteiger partial charge in [0.25, 0.3) is 5.91 Å². The Bertz CT molecular complexity index is 1740. The van der Waals surface area contributed by atoms with E-state index in [1.54, 1.807) is 0 Å².